The second-order valence-electron chi connectivity index (χ2n) is 5.70. The lowest BCUT2D eigenvalue weighted by atomic mass is 10.2. The van der Waals surface area contributed by atoms with Crippen LogP contribution in [-0.4, -0.2) is 23.8 Å². The van der Waals surface area contributed by atoms with E-state index in [1.54, 1.807) is 26.5 Å². The number of benzene rings is 2. The Balaban J connectivity index is 1.77. The largest absolute Gasteiger partial charge is 0.493 e. The van der Waals surface area contributed by atoms with Gasteiger partial charge in [0.2, 0.25) is 5.95 Å². The molecule has 0 unspecified atom stereocenters. The van der Waals surface area contributed by atoms with Crippen LogP contribution in [0.3, 0.4) is 0 Å². The number of ether oxygens (including phenoxy) is 2. The average molecular weight is 392 g/mol. The van der Waals surface area contributed by atoms with E-state index in [9.17, 15) is 0 Å². The standard InChI is InChI=1S/C19H19Cl2N3O2/c1-24-16(13-5-6-14(20)15(21)9-13)11-23-19(24)22-10-12-4-7-17(25-2)18(8-12)26-3/h4-9,11H,10H2,1-3H3,(H,22,23). The molecule has 1 aromatic heterocycles. The molecule has 3 aromatic rings. The lowest BCUT2D eigenvalue weighted by Crippen LogP contribution is -2.06. The molecule has 2 aromatic carbocycles. The monoisotopic (exact) mass is 391 g/mol. The van der Waals surface area contributed by atoms with Gasteiger partial charge in [0.15, 0.2) is 11.5 Å². The predicted molar refractivity (Wildman–Crippen MR) is 106 cm³/mol. The average Bonchev–Trinajstić information content (AvgIpc) is 3.02. The quantitative estimate of drug-likeness (QED) is 0.640. The molecule has 0 aliphatic heterocycles. The summed E-state index contributed by atoms with van der Waals surface area (Å²) in [6.45, 7) is 0.603. The number of aromatic nitrogens is 2. The molecule has 0 atom stereocenters. The van der Waals surface area contributed by atoms with Gasteiger partial charge < -0.3 is 19.4 Å². The summed E-state index contributed by atoms with van der Waals surface area (Å²) >= 11 is 12.1. The Kier molecular flexibility index (Phi) is 5.59. The van der Waals surface area contributed by atoms with Crippen molar-refractivity contribution in [1.29, 1.82) is 0 Å². The van der Waals surface area contributed by atoms with Crippen molar-refractivity contribution < 1.29 is 9.47 Å². The molecule has 136 valence electrons. The molecule has 0 fully saturated rings. The Bertz CT molecular complexity index is 925. The van der Waals surface area contributed by atoms with E-state index in [0.29, 0.717) is 28.1 Å². The molecular weight excluding hydrogens is 373 g/mol. The maximum atomic E-state index is 6.12. The first-order valence-corrected chi connectivity index (χ1v) is 8.71. The van der Waals surface area contributed by atoms with E-state index >= 15 is 0 Å². The van der Waals surface area contributed by atoms with E-state index in [1.807, 2.05) is 41.9 Å². The van der Waals surface area contributed by atoms with Gasteiger partial charge in [0.05, 0.1) is 36.2 Å². The molecule has 7 heteroatoms. The van der Waals surface area contributed by atoms with Gasteiger partial charge in [-0.1, -0.05) is 35.3 Å². The van der Waals surface area contributed by atoms with E-state index in [4.69, 9.17) is 32.7 Å². The van der Waals surface area contributed by atoms with Crippen molar-refractivity contribution in [1.82, 2.24) is 9.55 Å². The Hall–Kier alpha value is -2.37. The van der Waals surface area contributed by atoms with Crippen LogP contribution >= 0.6 is 23.2 Å². The number of hydrogen-bond acceptors (Lipinski definition) is 4. The van der Waals surface area contributed by atoms with Gasteiger partial charge >= 0.3 is 0 Å². The molecule has 0 bridgehead atoms. The molecule has 0 amide bonds. The summed E-state index contributed by atoms with van der Waals surface area (Å²) in [6.07, 6.45) is 1.80. The van der Waals surface area contributed by atoms with Crippen LogP contribution in [0.5, 0.6) is 11.5 Å². The van der Waals surface area contributed by atoms with Gasteiger partial charge in [-0.3, -0.25) is 0 Å². The summed E-state index contributed by atoms with van der Waals surface area (Å²) in [6, 6.07) is 11.3. The van der Waals surface area contributed by atoms with Crippen LogP contribution in [0.1, 0.15) is 5.56 Å². The minimum absolute atomic E-state index is 0.519. The molecule has 1 heterocycles. The third kappa shape index (κ3) is 3.74. The first-order valence-electron chi connectivity index (χ1n) is 7.95. The van der Waals surface area contributed by atoms with Gasteiger partial charge in [0.25, 0.3) is 0 Å². The molecule has 26 heavy (non-hydrogen) atoms. The highest BCUT2D eigenvalue weighted by molar-refractivity contribution is 6.42. The number of rotatable bonds is 6. The van der Waals surface area contributed by atoms with Crippen molar-refractivity contribution >= 4 is 29.2 Å². The summed E-state index contributed by atoms with van der Waals surface area (Å²) in [4.78, 5) is 4.46. The van der Waals surface area contributed by atoms with Crippen LogP contribution in [0.2, 0.25) is 10.0 Å². The molecule has 0 radical (unpaired) electrons. The van der Waals surface area contributed by atoms with Crippen LogP contribution in [0.4, 0.5) is 5.95 Å². The Labute approximate surface area is 162 Å². The van der Waals surface area contributed by atoms with Crippen molar-refractivity contribution in [2.75, 3.05) is 19.5 Å². The lowest BCUT2D eigenvalue weighted by Gasteiger charge is -2.11. The van der Waals surface area contributed by atoms with Gasteiger partial charge in [-0.25, -0.2) is 4.98 Å². The minimum Gasteiger partial charge on any atom is -0.493 e. The molecule has 0 saturated heterocycles. The predicted octanol–water partition coefficient (Wildman–Crippen LogP) is 5.02. The van der Waals surface area contributed by atoms with E-state index in [0.717, 1.165) is 22.8 Å². The van der Waals surface area contributed by atoms with Gasteiger partial charge in [-0.05, 0) is 29.8 Å². The molecule has 3 rings (SSSR count). The Morgan fingerprint density at radius 3 is 2.46 bits per heavy atom. The normalized spacial score (nSPS) is 10.7. The number of halogens is 2. The summed E-state index contributed by atoms with van der Waals surface area (Å²) in [5, 5.41) is 4.38. The molecular formula is C19H19Cl2N3O2. The second kappa shape index (κ2) is 7.89. The third-order valence-electron chi connectivity index (χ3n) is 4.10. The van der Waals surface area contributed by atoms with Gasteiger partial charge in [0.1, 0.15) is 0 Å². The number of imidazole rings is 1. The van der Waals surface area contributed by atoms with Crippen molar-refractivity contribution in [3.63, 3.8) is 0 Å². The van der Waals surface area contributed by atoms with Crippen molar-refractivity contribution in [2.45, 2.75) is 6.54 Å². The second-order valence-corrected chi connectivity index (χ2v) is 6.51. The van der Waals surface area contributed by atoms with E-state index < -0.39 is 0 Å². The summed E-state index contributed by atoms with van der Waals surface area (Å²) < 4.78 is 12.6. The molecule has 0 aliphatic carbocycles. The number of anilines is 1. The topological polar surface area (TPSA) is 48.3 Å². The molecule has 0 aliphatic rings. The fraction of sp³-hybridized carbons (Fsp3) is 0.211. The number of nitrogens with one attached hydrogen (secondary N) is 1. The fourth-order valence-corrected chi connectivity index (χ4v) is 2.97. The van der Waals surface area contributed by atoms with Crippen LogP contribution in [0, 0.1) is 0 Å². The van der Waals surface area contributed by atoms with Gasteiger partial charge in [-0.2, -0.15) is 0 Å². The fourth-order valence-electron chi connectivity index (χ4n) is 2.67. The van der Waals surface area contributed by atoms with Crippen LogP contribution in [-0.2, 0) is 13.6 Å². The molecule has 0 spiro atoms. The first-order chi connectivity index (χ1) is 12.5. The Morgan fingerprint density at radius 2 is 1.77 bits per heavy atom. The third-order valence-corrected chi connectivity index (χ3v) is 4.84. The smallest absolute Gasteiger partial charge is 0.203 e. The maximum Gasteiger partial charge on any atom is 0.203 e. The molecule has 1 N–H and O–H groups in total. The van der Waals surface area contributed by atoms with Crippen molar-refractivity contribution in [3.8, 4) is 22.8 Å². The zero-order valence-corrected chi connectivity index (χ0v) is 16.2. The van der Waals surface area contributed by atoms with E-state index in [1.165, 1.54) is 0 Å². The molecule has 5 nitrogen and oxygen atoms in total. The Morgan fingerprint density at radius 1 is 1.00 bits per heavy atom. The number of nitrogens with zero attached hydrogens (tertiary/aromatic N) is 2. The van der Waals surface area contributed by atoms with Crippen LogP contribution in [0.15, 0.2) is 42.6 Å². The molecule has 0 saturated carbocycles. The maximum absolute atomic E-state index is 6.12. The highest BCUT2D eigenvalue weighted by Crippen LogP contribution is 2.30. The van der Waals surface area contributed by atoms with Crippen molar-refractivity contribution in [3.05, 3.63) is 58.2 Å². The van der Waals surface area contributed by atoms with Gasteiger partial charge in [-0.15, -0.1) is 0 Å². The summed E-state index contributed by atoms with van der Waals surface area (Å²) in [5.41, 5.74) is 2.95. The van der Waals surface area contributed by atoms with Crippen LogP contribution in [0.25, 0.3) is 11.3 Å². The first kappa shape index (κ1) is 18.4. The lowest BCUT2D eigenvalue weighted by molar-refractivity contribution is 0.354. The number of hydrogen-bond donors (Lipinski definition) is 1. The highest BCUT2D eigenvalue weighted by atomic mass is 35.5. The van der Waals surface area contributed by atoms with E-state index in [-0.39, 0.29) is 0 Å². The number of methoxy groups -OCH3 is 2. The zero-order chi connectivity index (χ0) is 18.7. The highest BCUT2D eigenvalue weighted by Gasteiger charge is 2.11. The summed E-state index contributed by atoms with van der Waals surface area (Å²) in [5.74, 6) is 2.15. The van der Waals surface area contributed by atoms with E-state index in [2.05, 4.69) is 10.3 Å². The minimum atomic E-state index is 0.519. The SMILES string of the molecule is COc1ccc(CNc2ncc(-c3ccc(Cl)c(Cl)c3)n2C)cc1OC. The van der Waals surface area contributed by atoms with Gasteiger partial charge in [0, 0.05) is 19.2 Å². The van der Waals surface area contributed by atoms with Crippen molar-refractivity contribution in [2.24, 2.45) is 7.05 Å². The van der Waals surface area contributed by atoms with Crippen LogP contribution < -0.4 is 14.8 Å². The summed E-state index contributed by atoms with van der Waals surface area (Å²) in [7, 11) is 5.19. The zero-order valence-electron chi connectivity index (χ0n) is 14.7.